The van der Waals surface area contributed by atoms with E-state index in [0.717, 1.165) is 0 Å². The molecule has 2 aromatic heterocycles. The van der Waals surface area contributed by atoms with Crippen LogP contribution in [0.2, 0.25) is 0 Å². The molecule has 0 fully saturated rings. The molecule has 1 amide bonds. The minimum atomic E-state index is -0.578. The third kappa shape index (κ3) is 4.80. The second kappa shape index (κ2) is 7.12. The lowest BCUT2D eigenvalue weighted by Crippen LogP contribution is -2.27. The van der Waals surface area contributed by atoms with Crippen molar-refractivity contribution in [3.8, 4) is 0 Å². The topological polar surface area (TPSA) is 95.3 Å². The number of anilines is 1. The number of amides is 1. The zero-order valence-electron chi connectivity index (χ0n) is 14.1. The van der Waals surface area contributed by atoms with E-state index in [1.807, 2.05) is 0 Å². The summed E-state index contributed by atoms with van der Waals surface area (Å²) >= 11 is 0. The van der Waals surface area contributed by atoms with E-state index in [2.05, 4.69) is 15.4 Å². The van der Waals surface area contributed by atoms with Gasteiger partial charge in [0.1, 0.15) is 5.60 Å². The number of carbonyl (C=O) groups is 2. The Morgan fingerprint density at radius 2 is 2.08 bits per heavy atom. The molecule has 0 saturated carbocycles. The molecule has 0 atom stereocenters. The van der Waals surface area contributed by atoms with Crippen molar-refractivity contribution in [3.05, 3.63) is 42.0 Å². The van der Waals surface area contributed by atoms with E-state index in [1.165, 1.54) is 19.5 Å². The van der Waals surface area contributed by atoms with Crippen LogP contribution in [0.4, 0.5) is 10.5 Å². The number of aromatic nitrogens is 3. The number of methoxy groups -OCH3 is 1. The number of pyridine rings is 1. The second-order valence-electron chi connectivity index (χ2n) is 6.06. The van der Waals surface area contributed by atoms with Crippen molar-refractivity contribution in [3.63, 3.8) is 0 Å². The maximum absolute atomic E-state index is 11.7. The summed E-state index contributed by atoms with van der Waals surface area (Å²) in [6, 6.07) is 3.49. The normalized spacial score (nSPS) is 11.0. The van der Waals surface area contributed by atoms with Gasteiger partial charge in [0, 0.05) is 18.0 Å². The highest BCUT2D eigenvalue weighted by molar-refractivity contribution is 5.88. The number of rotatable bonds is 4. The van der Waals surface area contributed by atoms with Crippen LogP contribution in [0.1, 0.15) is 36.8 Å². The highest BCUT2D eigenvalue weighted by Crippen LogP contribution is 2.13. The molecule has 0 saturated heterocycles. The number of hydrogen-bond donors (Lipinski definition) is 1. The standard InChI is InChI=1S/C16H20N4O4/c1-16(2,3)24-15(22)19-12-8-18-20(10-12)9-11-6-5-7-17-13(11)14(21)23-4/h5-8,10H,9H2,1-4H3,(H,19,22). The fraction of sp³-hybridized carbons (Fsp3) is 0.375. The SMILES string of the molecule is COC(=O)c1ncccc1Cn1cc(NC(=O)OC(C)(C)C)cn1. The summed E-state index contributed by atoms with van der Waals surface area (Å²) in [6.07, 6.45) is 4.10. The van der Waals surface area contributed by atoms with E-state index in [0.29, 0.717) is 17.8 Å². The summed E-state index contributed by atoms with van der Waals surface area (Å²) in [4.78, 5) is 27.5. The molecule has 0 bridgehead atoms. The first-order valence-corrected chi connectivity index (χ1v) is 7.33. The van der Waals surface area contributed by atoms with Crippen molar-refractivity contribution in [2.24, 2.45) is 0 Å². The number of hydrogen-bond acceptors (Lipinski definition) is 6. The number of ether oxygens (including phenoxy) is 2. The van der Waals surface area contributed by atoms with Gasteiger partial charge >= 0.3 is 12.1 Å². The Bertz CT molecular complexity index is 734. The van der Waals surface area contributed by atoms with Crippen LogP contribution in [0.3, 0.4) is 0 Å². The molecule has 128 valence electrons. The Hall–Kier alpha value is -2.90. The van der Waals surface area contributed by atoms with Crippen LogP contribution in [-0.4, -0.2) is 39.5 Å². The van der Waals surface area contributed by atoms with E-state index < -0.39 is 17.7 Å². The van der Waals surface area contributed by atoms with Crippen LogP contribution >= 0.6 is 0 Å². The van der Waals surface area contributed by atoms with Crippen LogP contribution in [0.25, 0.3) is 0 Å². The minimum Gasteiger partial charge on any atom is -0.464 e. The van der Waals surface area contributed by atoms with Gasteiger partial charge in [0.05, 0.1) is 25.5 Å². The van der Waals surface area contributed by atoms with E-state index in [1.54, 1.807) is 43.8 Å². The summed E-state index contributed by atoms with van der Waals surface area (Å²) in [7, 11) is 1.30. The van der Waals surface area contributed by atoms with Gasteiger partial charge in [-0.3, -0.25) is 10.00 Å². The van der Waals surface area contributed by atoms with Gasteiger partial charge in [0.15, 0.2) is 5.69 Å². The number of carbonyl (C=O) groups excluding carboxylic acids is 2. The van der Waals surface area contributed by atoms with Crippen molar-refractivity contribution in [2.45, 2.75) is 32.9 Å². The molecule has 0 spiro atoms. The molecule has 0 aliphatic heterocycles. The monoisotopic (exact) mass is 332 g/mol. The van der Waals surface area contributed by atoms with Gasteiger partial charge in [0.25, 0.3) is 0 Å². The van der Waals surface area contributed by atoms with Crippen LogP contribution < -0.4 is 5.32 Å². The molecule has 0 radical (unpaired) electrons. The van der Waals surface area contributed by atoms with Crippen LogP contribution in [-0.2, 0) is 16.0 Å². The molecular formula is C16H20N4O4. The van der Waals surface area contributed by atoms with E-state index in [4.69, 9.17) is 9.47 Å². The third-order valence-electron chi connectivity index (χ3n) is 2.88. The van der Waals surface area contributed by atoms with Crippen molar-refractivity contribution in [1.29, 1.82) is 0 Å². The first-order chi connectivity index (χ1) is 11.3. The largest absolute Gasteiger partial charge is 0.464 e. The van der Waals surface area contributed by atoms with E-state index >= 15 is 0 Å². The zero-order chi connectivity index (χ0) is 17.7. The highest BCUT2D eigenvalue weighted by Gasteiger charge is 2.17. The van der Waals surface area contributed by atoms with Crippen molar-refractivity contribution in [1.82, 2.24) is 14.8 Å². The molecule has 2 heterocycles. The fourth-order valence-electron chi connectivity index (χ4n) is 1.96. The summed E-state index contributed by atoms with van der Waals surface area (Å²) in [5.74, 6) is -0.509. The molecule has 8 heteroatoms. The summed E-state index contributed by atoms with van der Waals surface area (Å²) < 4.78 is 11.5. The Labute approximate surface area is 139 Å². The molecule has 2 aromatic rings. The van der Waals surface area contributed by atoms with Gasteiger partial charge in [-0.15, -0.1) is 0 Å². The summed E-state index contributed by atoms with van der Waals surface area (Å²) in [5, 5.41) is 6.76. The average molecular weight is 332 g/mol. The van der Waals surface area contributed by atoms with Gasteiger partial charge in [-0.2, -0.15) is 5.10 Å². The lowest BCUT2D eigenvalue weighted by atomic mass is 10.2. The first-order valence-electron chi connectivity index (χ1n) is 7.33. The predicted molar refractivity (Wildman–Crippen MR) is 86.8 cm³/mol. The van der Waals surface area contributed by atoms with Gasteiger partial charge in [-0.25, -0.2) is 14.6 Å². The molecule has 24 heavy (non-hydrogen) atoms. The molecule has 2 rings (SSSR count). The van der Waals surface area contributed by atoms with Crippen LogP contribution in [0.5, 0.6) is 0 Å². The Morgan fingerprint density at radius 1 is 1.33 bits per heavy atom. The Balaban J connectivity index is 2.07. The molecule has 0 unspecified atom stereocenters. The number of nitrogens with one attached hydrogen (secondary N) is 1. The predicted octanol–water partition coefficient (Wildman–Crippen LogP) is 2.46. The van der Waals surface area contributed by atoms with Gasteiger partial charge < -0.3 is 9.47 Å². The maximum atomic E-state index is 11.7. The highest BCUT2D eigenvalue weighted by atomic mass is 16.6. The molecule has 8 nitrogen and oxygen atoms in total. The van der Waals surface area contributed by atoms with Crippen LogP contribution in [0, 0.1) is 0 Å². The zero-order valence-corrected chi connectivity index (χ0v) is 14.1. The Kier molecular flexibility index (Phi) is 5.18. The third-order valence-corrected chi connectivity index (χ3v) is 2.88. The molecule has 0 aliphatic carbocycles. The van der Waals surface area contributed by atoms with E-state index in [9.17, 15) is 9.59 Å². The fourth-order valence-corrected chi connectivity index (χ4v) is 1.96. The van der Waals surface area contributed by atoms with Gasteiger partial charge in [-0.1, -0.05) is 6.07 Å². The average Bonchev–Trinajstić information content (AvgIpc) is 2.92. The van der Waals surface area contributed by atoms with E-state index in [-0.39, 0.29) is 5.69 Å². The van der Waals surface area contributed by atoms with Crippen molar-refractivity contribution in [2.75, 3.05) is 12.4 Å². The van der Waals surface area contributed by atoms with Gasteiger partial charge in [-0.05, 0) is 26.8 Å². The minimum absolute atomic E-state index is 0.233. The molecule has 0 aliphatic rings. The lowest BCUT2D eigenvalue weighted by molar-refractivity contribution is 0.0590. The molecule has 0 aromatic carbocycles. The Morgan fingerprint density at radius 3 is 2.75 bits per heavy atom. The quantitative estimate of drug-likeness (QED) is 0.864. The summed E-state index contributed by atoms with van der Waals surface area (Å²) in [6.45, 7) is 5.67. The maximum Gasteiger partial charge on any atom is 0.412 e. The summed E-state index contributed by atoms with van der Waals surface area (Å²) in [5.41, 5.74) is 0.812. The molecule has 1 N–H and O–H groups in total. The molecular weight excluding hydrogens is 312 g/mol. The van der Waals surface area contributed by atoms with Gasteiger partial charge in [0.2, 0.25) is 0 Å². The first kappa shape index (κ1) is 17.5. The number of esters is 1. The lowest BCUT2D eigenvalue weighted by Gasteiger charge is -2.19. The van der Waals surface area contributed by atoms with Crippen LogP contribution in [0.15, 0.2) is 30.7 Å². The van der Waals surface area contributed by atoms with Crippen molar-refractivity contribution >= 4 is 17.7 Å². The van der Waals surface area contributed by atoms with Crippen molar-refractivity contribution < 1.29 is 19.1 Å². The number of nitrogens with zero attached hydrogens (tertiary/aromatic N) is 3. The second-order valence-corrected chi connectivity index (χ2v) is 6.06. The smallest absolute Gasteiger partial charge is 0.412 e.